The van der Waals surface area contributed by atoms with Crippen molar-refractivity contribution in [1.82, 2.24) is 19.9 Å². The maximum absolute atomic E-state index is 12.2. The quantitative estimate of drug-likeness (QED) is 0.566. The van der Waals surface area contributed by atoms with Crippen LogP contribution in [0.4, 0.5) is 16.7 Å². The van der Waals surface area contributed by atoms with Gasteiger partial charge in [-0.15, -0.1) is 0 Å². The zero-order valence-corrected chi connectivity index (χ0v) is 18.4. The van der Waals surface area contributed by atoms with Crippen molar-refractivity contribution < 1.29 is 14.3 Å². The van der Waals surface area contributed by atoms with Gasteiger partial charge in [0.2, 0.25) is 11.9 Å². The molecular weight excluding hydrogens is 408 g/mol. The SMILES string of the molecule is CC[C@H]1COC(=O)N1c1nc(C)nc(N[C@H](C)c2ccc(OCc3ccccn3)cc2)n1. The fourth-order valence-corrected chi connectivity index (χ4v) is 3.42. The second-order valence-electron chi connectivity index (χ2n) is 7.56. The maximum Gasteiger partial charge on any atom is 0.417 e. The van der Waals surface area contributed by atoms with Crippen LogP contribution >= 0.6 is 0 Å². The van der Waals surface area contributed by atoms with Crippen LogP contribution < -0.4 is 15.0 Å². The molecule has 4 rings (SSSR count). The zero-order chi connectivity index (χ0) is 22.5. The lowest BCUT2D eigenvalue weighted by molar-refractivity contribution is 0.178. The molecule has 3 aromatic rings. The Morgan fingerprint density at radius 1 is 1.19 bits per heavy atom. The molecule has 0 spiro atoms. The van der Waals surface area contributed by atoms with Crippen LogP contribution in [0.2, 0.25) is 0 Å². The summed E-state index contributed by atoms with van der Waals surface area (Å²) in [7, 11) is 0. The Labute approximate surface area is 186 Å². The maximum atomic E-state index is 12.2. The summed E-state index contributed by atoms with van der Waals surface area (Å²) in [6, 6.07) is 13.4. The van der Waals surface area contributed by atoms with E-state index in [1.165, 1.54) is 4.90 Å². The average molecular weight is 435 g/mol. The summed E-state index contributed by atoms with van der Waals surface area (Å²) >= 11 is 0. The number of amides is 1. The number of nitrogens with zero attached hydrogens (tertiary/aromatic N) is 5. The number of nitrogens with one attached hydrogen (secondary N) is 1. The highest BCUT2D eigenvalue weighted by molar-refractivity contribution is 5.88. The molecule has 166 valence electrons. The molecule has 0 bridgehead atoms. The molecule has 2 aromatic heterocycles. The number of ether oxygens (including phenoxy) is 2. The van der Waals surface area contributed by atoms with Gasteiger partial charge >= 0.3 is 6.09 Å². The smallest absolute Gasteiger partial charge is 0.417 e. The largest absolute Gasteiger partial charge is 0.487 e. The molecule has 1 aromatic carbocycles. The molecule has 1 N–H and O–H groups in total. The van der Waals surface area contributed by atoms with Gasteiger partial charge in [0.1, 0.15) is 24.8 Å². The van der Waals surface area contributed by atoms with E-state index in [0.717, 1.165) is 23.4 Å². The van der Waals surface area contributed by atoms with E-state index in [0.29, 0.717) is 30.9 Å². The number of hydrogen-bond donors (Lipinski definition) is 1. The lowest BCUT2D eigenvalue weighted by Crippen LogP contribution is -2.34. The first-order valence-electron chi connectivity index (χ1n) is 10.6. The summed E-state index contributed by atoms with van der Waals surface area (Å²) in [5, 5.41) is 3.30. The molecule has 1 amide bonds. The second-order valence-corrected chi connectivity index (χ2v) is 7.56. The molecule has 0 saturated carbocycles. The fraction of sp³-hybridized carbons (Fsp3) is 0.348. The molecule has 0 aliphatic carbocycles. The number of hydrogen-bond acceptors (Lipinski definition) is 8. The molecular formula is C23H26N6O3. The van der Waals surface area contributed by atoms with E-state index in [-0.39, 0.29) is 12.1 Å². The van der Waals surface area contributed by atoms with Crippen LogP contribution in [0.5, 0.6) is 5.75 Å². The predicted molar refractivity (Wildman–Crippen MR) is 120 cm³/mol. The van der Waals surface area contributed by atoms with Gasteiger partial charge in [0, 0.05) is 6.20 Å². The molecule has 3 heterocycles. The van der Waals surface area contributed by atoms with E-state index in [9.17, 15) is 4.79 Å². The van der Waals surface area contributed by atoms with E-state index >= 15 is 0 Å². The summed E-state index contributed by atoms with van der Waals surface area (Å²) in [5.41, 5.74) is 1.92. The van der Waals surface area contributed by atoms with Crippen molar-refractivity contribution in [2.45, 2.75) is 45.9 Å². The molecule has 2 atom stereocenters. The van der Waals surface area contributed by atoms with Crippen LogP contribution in [-0.4, -0.2) is 38.7 Å². The molecule has 9 heteroatoms. The molecule has 32 heavy (non-hydrogen) atoms. The van der Waals surface area contributed by atoms with Crippen molar-refractivity contribution >= 4 is 18.0 Å². The van der Waals surface area contributed by atoms with Crippen molar-refractivity contribution in [3.05, 3.63) is 65.7 Å². The van der Waals surface area contributed by atoms with Crippen LogP contribution in [0.1, 0.15) is 43.4 Å². The Bertz CT molecular complexity index is 1060. The Morgan fingerprint density at radius 3 is 2.72 bits per heavy atom. The Kier molecular flexibility index (Phi) is 6.44. The minimum atomic E-state index is -0.428. The third kappa shape index (κ3) is 4.93. The van der Waals surface area contributed by atoms with Crippen molar-refractivity contribution in [2.24, 2.45) is 0 Å². The van der Waals surface area contributed by atoms with Gasteiger partial charge in [0.15, 0.2) is 0 Å². The third-order valence-electron chi connectivity index (χ3n) is 5.22. The van der Waals surface area contributed by atoms with Gasteiger partial charge in [-0.3, -0.25) is 4.98 Å². The molecule has 1 fully saturated rings. The molecule has 1 aliphatic rings. The first-order chi connectivity index (χ1) is 15.5. The number of rotatable bonds is 8. The van der Waals surface area contributed by atoms with E-state index in [2.05, 4.69) is 25.3 Å². The number of aryl methyl sites for hydroxylation is 1. The molecule has 1 aliphatic heterocycles. The summed E-state index contributed by atoms with van der Waals surface area (Å²) in [6.07, 6.45) is 2.07. The summed E-state index contributed by atoms with van der Waals surface area (Å²) < 4.78 is 11.0. The molecule has 0 unspecified atom stereocenters. The van der Waals surface area contributed by atoms with Crippen LogP contribution in [0, 0.1) is 6.92 Å². The van der Waals surface area contributed by atoms with Gasteiger partial charge in [0.25, 0.3) is 0 Å². The Morgan fingerprint density at radius 2 is 2.00 bits per heavy atom. The number of carbonyl (C=O) groups is 1. The van der Waals surface area contributed by atoms with Crippen molar-refractivity contribution in [3.8, 4) is 5.75 Å². The number of carbonyl (C=O) groups excluding carboxylic acids is 1. The standard InChI is InChI=1S/C23H26N6O3/c1-4-19-14-32-23(30)29(19)22-27-16(3)26-21(28-22)25-15(2)17-8-10-20(11-9-17)31-13-18-7-5-6-12-24-18/h5-12,15,19H,4,13-14H2,1-3H3,(H,25,26,27,28)/t15-,19+/m1/s1. The van der Waals surface area contributed by atoms with E-state index in [1.54, 1.807) is 13.1 Å². The first kappa shape index (κ1) is 21.5. The highest BCUT2D eigenvalue weighted by atomic mass is 16.6. The summed E-state index contributed by atoms with van der Waals surface area (Å²) in [5.74, 6) is 2.01. The number of aromatic nitrogens is 4. The van der Waals surface area contributed by atoms with Gasteiger partial charge in [-0.25, -0.2) is 9.69 Å². The minimum Gasteiger partial charge on any atom is -0.487 e. The number of cyclic esters (lactones) is 1. The number of anilines is 2. The highest BCUT2D eigenvalue weighted by Gasteiger charge is 2.35. The third-order valence-corrected chi connectivity index (χ3v) is 5.22. The number of benzene rings is 1. The Balaban J connectivity index is 1.43. The number of pyridine rings is 1. The molecule has 1 saturated heterocycles. The van der Waals surface area contributed by atoms with E-state index in [1.807, 2.05) is 56.3 Å². The lowest BCUT2D eigenvalue weighted by Gasteiger charge is -2.20. The second kappa shape index (κ2) is 9.59. The monoisotopic (exact) mass is 434 g/mol. The van der Waals surface area contributed by atoms with Crippen molar-refractivity contribution in [3.63, 3.8) is 0 Å². The first-order valence-corrected chi connectivity index (χ1v) is 10.6. The minimum absolute atomic E-state index is 0.0676. The van der Waals surface area contributed by atoms with Crippen LogP contribution in [0.15, 0.2) is 48.7 Å². The summed E-state index contributed by atoms with van der Waals surface area (Å²) in [4.78, 5) is 31.1. The van der Waals surface area contributed by atoms with Crippen LogP contribution in [0.3, 0.4) is 0 Å². The zero-order valence-electron chi connectivity index (χ0n) is 18.4. The van der Waals surface area contributed by atoms with E-state index < -0.39 is 6.09 Å². The van der Waals surface area contributed by atoms with Crippen LogP contribution in [-0.2, 0) is 11.3 Å². The molecule has 9 nitrogen and oxygen atoms in total. The summed E-state index contributed by atoms with van der Waals surface area (Å²) in [6.45, 7) is 6.55. The normalized spacial score (nSPS) is 16.5. The van der Waals surface area contributed by atoms with Gasteiger partial charge in [0.05, 0.1) is 17.8 Å². The van der Waals surface area contributed by atoms with E-state index in [4.69, 9.17) is 9.47 Å². The predicted octanol–water partition coefficient (Wildman–Crippen LogP) is 4.06. The fourth-order valence-electron chi connectivity index (χ4n) is 3.42. The Hall–Kier alpha value is -3.75. The highest BCUT2D eigenvalue weighted by Crippen LogP contribution is 2.24. The van der Waals surface area contributed by atoms with Crippen LogP contribution in [0.25, 0.3) is 0 Å². The lowest BCUT2D eigenvalue weighted by atomic mass is 10.1. The topological polar surface area (TPSA) is 102 Å². The van der Waals surface area contributed by atoms with Gasteiger partial charge in [-0.05, 0) is 50.1 Å². The molecule has 0 radical (unpaired) electrons. The van der Waals surface area contributed by atoms with Gasteiger partial charge < -0.3 is 14.8 Å². The average Bonchev–Trinajstić information content (AvgIpc) is 3.19. The van der Waals surface area contributed by atoms with Gasteiger partial charge in [-0.1, -0.05) is 25.1 Å². The van der Waals surface area contributed by atoms with Gasteiger partial charge in [-0.2, -0.15) is 15.0 Å². The van der Waals surface area contributed by atoms with Crippen molar-refractivity contribution in [1.29, 1.82) is 0 Å². The van der Waals surface area contributed by atoms with Crippen molar-refractivity contribution in [2.75, 3.05) is 16.8 Å².